The highest BCUT2D eigenvalue weighted by Gasteiger charge is 2.47. The molecule has 2 aliphatic rings. The summed E-state index contributed by atoms with van der Waals surface area (Å²) in [7, 11) is 0. The molecule has 4 heteroatoms. The van der Waals surface area contributed by atoms with E-state index in [0.717, 1.165) is 31.5 Å². The Labute approximate surface area is 125 Å². The maximum Gasteiger partial charge on any atom is 0.127 e. The molecule has 3 nitrogen and oxygen atoms in total. The van der Waals surface area contributed by atoms with Crippen molar-refractivity contribution >= 4 is 5.69 Å². The van der Waals surface area contributed by atoms with Crippen LogP contribution in [0.2, 0.25) is 0 Å². The minimum absolute atomic E-state index is 0.202. The molecule has 1 aromatic rings. The number of halogens is 1. The second-order valence-corrected chi connectivity index (χ2v) is 6.60. The van der Waals surface area contributed by atoms with Gasteiger partial charge in [0.05, 0.1) is 6.07 Å². The summed E-state index contributed by atoms with van der Waals surface area (Å²) in [6.45, 7) is 5.66. The lowest BCUT2D eigenvalue weighted by Crippen LogP contribution is -2.56. The zero-order chi connectivity index (χ0) is 15.0. The van der Waals surface area contributed by atoms with Gasteiger partial charge < -0.3 is 4.90 Å². The molecule has 1 N–H and O–H groups in total. The van der Waals surface area contributed by atoms with E-state index in [4.69, 9.17) is 0 Å². The number of fused-ring (bicyclic) bond motifs is 1. The lowest BCUT2D eigenvalue weighted by molar-refractivity contribution is 0.337. The van der Waals surface area contributed by atoms with E-state index >= 15 is 0 Å². The summed E-state index contributed by atoms with van der Waals surface area (Å²) in [6, 6.07) is 7.79. The molecule has 0 spiro atoms. The Hall–Kier alpha value is -1.60. The minimum atomic E-state index is -0.512. The van der Waals surface area contributed by atoms with E-state index in [9.17, 15) is 9.65 Å². The maximum atomic E-state index is 13.5. The van der Waals surface area contributed by atoms with Crippen LogP contribution in [-0.2, 0) is 6.42 Å². The predicted octanol–water partition coefficient (Wildman–Crippen LogP) is 2.86. The van der Waals surface area contributed by atoms with Crippen LogP contribution in [0.4, 0.5) is 10.1 Å². The summed E-state index contributed by atoms with van der Waals surface area (Å²) in [5.74, 6) is 0.217. The Bertz CT molecular complexity index is 574. The topological polar surface area (TPSA) is 39.1 Å². The molecule has 1 aliphatic carbocycles. The molecule has 0 aromatic heterocycles. The van der Waals surface area contributed by atoms with Crippen molar-refractivity contribution in [3.05, 3.63) is 29.6 Å². The van der Waals surface area contributed by atoms with Crippen LogP contribution in [0.1, 0.15) is 32.3 Å². The van der Waals surface area contributed by atoms with Crippen LogP contribution in [0.5, 0.6) is 0 Å². The number of anilines is 1. The number of benzene rings is 1. The third kappa shape index (κ3) is 2.75. The summed E-state index contributed by atoms with van der Waals surface area (Å²) < 4.78 is 13.5. The molecular formula is C17H22FN3. The molecule has 0 radical (unpaired) electrons. The second-order valence-electron chi connectivity index (χ2n) is 6.60. The molecule has 0 saturated heterocycles. The highest BCUT2D eigenvalue weighted by molar-refractivity contribution is 5.58. The highest BCUT2D eigenvalue weighted by Crippen LogP contribution is 2.41. The standard InChI is InChI=1S/C17H22FN3/c1-12(2)20-17(10-19,14-4-5-14)11-21-8-7-13-3-6-15(18)9-16(13)21/h3,6,9,12,14,20H,4-5,7-8,11H2,1-2H3. The normalized spacial score (nSPS) is 20.2. The zero-order valence-electron chi connectivity index (χ0n) is 12.7. The van der Waals surface area contributed by atoms with Gasteiger partial charge in [-0.3, -0.25) is 5.32 Å². The van der Waals surface area contributed by atoms with Gasteiger partial charge >= 0.3 is 0 Å². The SMILES string of the molecule is CC(C)NC(C#N)(CN1CCc2ccc(F)cc21)C1CC1. The van der Waals surface area contributed by atoms with Gasteiger partial charge in [0.15, 0.2) is 0 Å². The molecule has 0 amide bonds. The van der Waals surface area contributed by atoms with Crippen LogP contribution in [0.25, 0.3) is 0 Å². The molecule has 1 saturated carbocycles. The van der Waals surface area contributed by atoms with Crippen molar-refractivity contribution in [1.82, 2.24) is 5.32 Å². The first-order chi connectivity index (χ1) is 10.0. The van der Waals surface area contributed by atoms with Gasteiger partial charge in [-0.25, -0.2) is 4.39 Å². The fourth-order valence-corrected chi connectivity index (χ4v) is 3.43. The van der Waals surface area contributed by atoms with Crippen LogP contribution in [0.15, 0.2) is 18.2 Å². The molecule has 1 aromatic carbocycles. The molecule has 21 heavy (non-hydrogen) atoms. The van der Waals surface area contributed by atoms with Crippen molar-refractivity contribution in [1.29, 1.82) is 5.26 Å². The summed E-state index contributed by atoms with van der Waals surface area (Å²) in [5.41, 5.74) is 1.63. The largest absolute Gasteiger partial charge is 0.368 e. The molecule has 1 aliphatic heterocycles. The first-order valence-corrected chi connectivity index (χ1v) is 7.76. The van der Waals surface area contributed by atoms with E-state index in [1.807, 2.05) is 6.07 Å². The van der Waals surface area contributed by atoms with Crippen molar-refractivity contribution in [2.24, 2.45) is 5.92 Å². The third-order valence-corrected chi connectivity index (χ3v) is 4.50. The van der Waals surface area contributed by atoms with Crippen LogP contribution in [0, 0.1) is 23.1 Å². The van der Waals surface area contributed by atoms with Gasteiger partial charge in [-0.1, -0.05) is 6.07 Å². The van der Waals surface area contributed by atoms with E-state index in [2.05, 4.69) is 30.1 Å². The Kier molecular flexibility index (Phi) is 3.62. The Morgan fingerprint density at radius 1 is 1.48 bits per heavy atom. The van der Waals surface area contributed by atoms with Crippen LogP contribution >= 0.6 is 0 Å². The van der Waals surface area contributed by atoms with Gasteiger partial charge in [0, 0.05) is 24.8 Å². The Balaban J connectivity index is 1.85. The molecule has 1 heterocycles. The molecule has 1 atom stereocenters. The number of nitriles is 1. The van der Waals surface area contributed by atoms with Crippen molar-refractivity contribution in [2.45, 2.75) is 44.7 Å². The average Bonchev–Trinajstić information content (AvgIpc) is 3.22. The number of nitrogens with zero attached hydrogens (tertiary/aromatic N) is 2. The van der Waals surface area contributed by atoms with Crippen LogP contribution in [-0.4, -0.2) is 24.7 Å². The fourth-order valence-electron chi connectivity index (χ4n) is 3.43. The molecule has 3 rings (SSSR count). The molecule has 0 bridgehead atoms. The summed E-state index contributed by atoms with van der Waals surface area (Å²) >= 11 is 0. The van der Waals surface area contributed by atoms with E-state index in [-0.39, 0.29) is 11.9 Å². The predicted molar refractivity (Wildman–Crippen MR) is 81.7 cm³/mol. The summed E-state index contributed by atoms with van der Waals surface area (Å²) in [5, 5.41) is 13.3. The van der Waals surface area contributed by atoms with E-state index < -0.39 is 5.54 Å². The monoisotopic (exact) mass is 287 g/mol. The minimum Gasteiger partial charge on any atom is -0.368 e. The van der Waals surface area contributed by atoms with Gasteiger partial charge in [0.25, 0.3) is 0 Å². The number of nitrogens with one attached hydrogen (secondary N) is 1. The third-order valence-electron chi connectivity index (χ3n) is 4.50. The molecule has 112 valence electrons. The zero-order valence-corrected chi connectivity index (χ0v) is 12.7. The van der Waals surface area contributed by atoms with Crippen molar-refractivity contribution in [3.63, 3.8) is 0 Å². The summed E-state index contributed by atoms with van der Waals surface area (Å²) in [4.78, 5) is 2.18. The van der Waals surface area contributed by atoms with E-state index in [1.54, 1.807) is 6.07 Å². The Morgan fingerprint density at radius 2 is 2.24 bits per heavy atom. The number of hydrogen-bond acceptors (Lipinski definition) is 3. The molecular weight excluding hydrogens is 265 g/mol. The smallest absolute Gasteiger partial charge is 0.127 e. The second kappa shape index (κ2) is 5.31. The number of hydrogen-bond donors (Lipinski definition) is 1. The maximum absolute atomic E-state index is 13.5. The summed E-state index contributed by atoms with van der Waals surface area (Å²) in [6.07, 6.45) is 3.15. The Morgan fingerprint density at radius 3 is 2.86 bits per heavy atom. The first kappa shape index (κ1) is 14.3. The van der Waals surface area contributed by atoms with Gasteiger partial charge in [-0.05, 0) is 56.7 Å². The van der Waals surface area contributed by atoms with Crippen molar-refractivity contribution in [2.75, 3.05) is 18.0 Å². The van der Waals surface area contributed by atoms with Crippen LogP contribution in [0.3, 0.4) is 0 Å². The van der Waals surface area contributed by atoms with E-state index in [0.29, 0.717) is 12.5 Å². The van der Waals surface area contributed by atoms with Gasteiger partial charge in [-0.2, -0.15) is 5.26 Å². The molecule has 1 fully saturated rings. The van der Waals surface area contributed by atoms with Crippen molar-refractivity contribution in [3.8, 4) is 6.07 Å². The lowest BCUT2D eigenvalue weighted by Gasteiger charge is -2.35. The van der Waals surface area contributed by atoms with Gasteiger partial charge in [-0.15, -0.1) is 0 Å². The van der Waals surface area contributed by atoms with E-state index in [1.165, 1.54) is 11.6 Å². The first-order valence-electron chi connectivity index (χ1n) is 7.76. The fraction of sp³-hybridized carbons (Fsp3) is 0.588. The molecule has 1 unspecified atom stereocenters. The number of rotatable bonds is 5. The van der Waals surface area contributed by atoms with Gasteiger partial charge in [0.2, 0.25) is 0 Å². The lowest BCUT2D eigenvalue weighted by atomic mass is 9.93. The van der Waals surface area contributed by atoms with Crippen molar-refractivity contribution < 1.29 is 4.39 Å². The van der Waals surface area contributed by atoms with Gasteiger partial charge in [0.1, 0.15) is 11.4 Å². The highest BCUT2D eigenvalue weighted by atomic mass is 19.1. The van der Waals surface area contributed by atoms with Crippen LogP contribution < -0.4 is 10.2 Å². The quantitative estimate of drug-likeness (QED) is 0.905. The average molecular weight is 287 g/mol.